The van der Waals surface area contributed by atoms with E-state index in [1.807, 2.05) is 0 Å². The number of cyclic esters (lactones) is 1. The number of rotatable bonds is 1. The highest BCUT2D eigenvalue weighted by Gasteiger charge is 2.49. The lowest BCUT2D eigenvalue weighted by atomic mass is 9.99. The van der Waals surface area contributed by atoms with E-state index in [9.17, 15) is 18.0 Å². The molecule has 0 unspecified atom stereocenters. The zero-order chi connectivity index (χ0) is 13.3. The second-order valence-electron chi connectivity index (χ2n) is 4.19. The molecule has 0 saturated carbocycles. The van der Waals surface area contributed by atoms with Gasteiger partial charge in [0.05, 0.1) is 0 Å². The smallest absolute Gasteiger partial charge is 0.410 e. The number of amides is 1. The molecule has 0 aliphatic carbocycles. The minimum atomic E-state index is -4.44. The summed E-state index contributed by atoms with van der Waals surface area (Å²) in [5.41, 5.74) is 0.577. The summed E-state index contributed by atoms with van der Waals surface area (Å²) in [5.74, 6) is 0. The van der Waals surface area contributed by atoms with Crippen LogP contribution < -0.4 is 0 Å². The number of carbonyl (C=O) groups is 1. The Hall–Kier alpha value is -1.72. The lowest BCUT2D eigenvalue weighted by molar-refractivity contribution is -0.194. The van der Waals surface area contributed by atoms with Crippen LogP contribution in [0.15, 0.2) is 30.3 Å². The van der Waals surface area contributed by atoms with Gasteiger partial charge < -0.3 is 4.74 Å². The van der Waals surface area contributed by atoms with E-state index in [1.165, 1.54) is 0 Å². The van der Waals surface area contributed by atoms with E-state index in [2.05, 4.69) is 0 Å². The molecule has 6 heteroatoms. The van der Waals surface area contributed by atoms with Crippen LogP contribution in [0.1, 0.15) is 18.1 Å². The topological polar surface area (TPSA) is 29.5 Å². The van der Waals surface area contributed by atoms with E-state index in [-0.39, 0.29) is 6.42 Å². The van der Waals surface area contributed by atoms with Crippen molar-refractivity contribution in [2.75, 3.05) is 7.05 Å². The van der Waals surface area contributed by atoms with Gasteiger partial charge in [-0.1, -0.05) is 30.3 Å². The molecule has 1 fully saturated rings. The number of hydrogen-bond acceptors (Lipinski definition) is 2. The molecule has 1 heterocycles. The Morgan fingerprint density at radius 2 is 1.89 bits per heavy atom. The molecular weight excluding hydrogens is 247 g/mol. The Morgan fingerprint density at radius 1 is 1.28 bits per heavy atom. The summed E-state index contributed by atoms with van der Waals surface area (Å²) in [4.78, 5) is 12.0. The van der Waals surface area contributed by atoms with Crippen molar-refractivity contribution < 1.29 is 22.7 Å². The van der Waals surface area contributed by atoms with E-state index >= 15 is 0 Å². The number of carbonyl (C=O) groups excluding carboxylic acids is 1. The highest BCUT2D eigenvalue weighted by molar-refractivity contribution is 5.69. The highest BCUT2D eigenvalue weighted by atomic mass is 19.4. The molecule has 0 bridgehead atoms. The van der Waals surface area contributed by atoms with Crippen LogP contribution in [0.2, 0.25) is 0 Å². The molecule has 1 aliphatic heterocycles. The van der Waals surface area contributed by atoms with Crippen LogP contribution in [0.3, 0.4) is 0 Å². The van der Waals surface area contributed by atoms with Crippen molar-refractivity contribution in [1.29, 1.82) is 0 Å². The van der Waals surface area contributed by atoms with E-state index in [0.717, 1.165) is 7.05 Å². The summed E-state index contributed by atoms with van der Waals surface area (Å²) in [6.07, 6.45) is -6.52. The Kier molecular flexibility index (Phi) is 3.19. The minimum Gasteiger partial charge on any atom is -0.441 e. The molecule has 98 valence electrons. The van der Waals surface area contributed by atoms with E-state index in [0.29, 0.717) is 10.5 Å². The predicted molar refractivity (Wildman–Crippen MR) is 57.9 cm³/mol. The first-order chi connectivity index (χ1) is 8.39. The third kappa shape index (κ3) is 2.42. The molecule has 3 nitrogen and oxygen atoms in total. The van der Waals surface area contributed by atoms with Gasteiger partial charge in [-0.15, -0.1) is 0 Å². The third-order valence-corrected chi connectivity index (χ3v) is 2.99. The normalized spacial score (nSPS) is 24.9. The van der Waals surface area contributed by atoms with E-state index in [4.69, 9.17) is 4.74 Å². The standard InChI is InChI=1S/C12H12F3NO2/c1-16-10(12(13,14)15)7-9(18-11(16)17)8-5-3-2-4-6-8/h2-6,9-10H,7H2,1H3/t9-,10+/m1/s1. The molecule has 1 aromatic rings. The van der Waals surface area contributed by atoms with Crippen LogP contribution in [-0.4, -0.2) is 30.3 Å². The number of halogens is 3. The Labute approximate surface area is 102 Å². The zero-order valence-corrected chi connectivity index (χ0v) is 9.65. The molecule has 0 aromatic heterocycles. The van der Waals surface area contributed by atoms with Crippen LogP contribution >= 0.6 is 0 Å². The Morgan fingerprint density at radius 3 is 2.44 bits per heavy atom. The van der Waals surface area contributed by atoms with Crippen molar-refractivity contribution in [3.63, 3.8) is 0 Å². The minimum absolute atomic E-state index is 0.282. The number of benzene rings is 1. The van der Waals surface area contributed by atoms with Crippen molar-refractivity contribution in [2.24, 2.45) is 0 Å². The molecule has 0 N–H and O–H groups in total. The van der Waals surface area contributed by atoms with Crippen LogP contribution in [0.25, 0.3) is 0 Å². The van der Waals surface area contributed by atoms with Gasteiger partial charge in [0, 0.05) is 13.5 Å². The largest absolute Gasteiger partial charge is 0.441 e. The van der Waals surface area contributed by atoms with Crippen molar-refractivity contribution in [2.45, 2.75) is 24.7 Å². The van der Waals surface area contributed by atoms with Crippen LogP contribution in [0.5, 0.6) is 0 Å². The molecule has 0 radical (unpaired) electrons. The molecule has 1 saturated heterocycles. The molecule has 1 aromatic carbocycles. The first-order valence-corrected chi connectivity index (χ1v) is 5.44. The van der Waals surface area contributed by atoms with Crippen LogP contribution in [0.4, 0.5) is 18.0 Å². The SMILES string of the molecule is CN1C(=O)O[C@@H](c2ccccc2)C[C@H]1C(F)(F)F. The highest BCUT2D eigenvalue weighted by Crippen LogP contribution is 2.37. The van der Waals surface area contributed by atoms with Gasteiger partial charge in [-0.25, -0.2) is 4.79 Å². The summed E-state index contributed by atoms with van der Waals surface area (Å²) in [6, 6.07) is 6.65. The Bertz CT molecular complexity index is 433. The Balaban J connectivity index is 2.24. The van der Waals surface area contributed by atoms with Crippen LogP contribution in [-0.2, 0) is 4.74 Å². The van der Waals surface area contributed by atoms with Crippen molar-refractivity contribution >= 4 is 6.09 Å². The zero-order valence-electron chi connectivity index (χ0n) is 9.65. The number of nitrogens with zero attached hydrogens (tertiary/aromatic N) is 1. The van der Waals surface area contributed by atoms with Crippen molar-refractivity contribution in [3.8, 4) is 0 Å². The average Bonchev–Trinajstić information content (AvgIpc) is 2.32. The van der Waals surface area contributed by atoms with E-state index in [1.54, 1.807) is 30.3 Å². The molecular formula is C12H12F3NO2. The number of ether oxygens (including phenoxy) is 1. The molecule has 18 heavy (non-hydrogen) atoms. The molecule has 2 rings (SSSR count). The number of hydrogen-bond donors (Lipinski definition) is 0. The lowest BCUT2D eigenvalue weighted by Gasteiger charge is -2.37. The van der Waals surface area contributed by atoms with Gasteiger partial charge in [0.15, 0.2) is 0 Å². The summed E-state index contributed by atoms with van der Waals surface area (Å²) >= 11 is 0. The predicted octanol–water partition coefficient (Wildman–Crippen LogP) is 3.13. The fraction of sp³-hybridized carbons (Fsp3) is 0.417. The fourth-order valence-corrected chi connectivity index (χ4v) is 1.97. The molecule has 1 amide bonds. The maximum absolute atomic E-state index is 12.8. The van der Waals surface area contributed by atoms with Gasteiger partial charge in [-0.05, 0) is 5.56 Å². The fourth-order valence-electron chi connectivity index (χ4n) is 1.97. The van der Waals surface area contributed by atoms with Crippen LogP contribution in [0, 0.1) is 0 Å². The number of alkyl halides is 3. The molecule has 0 spiro atoms. The monoisotopic (exact) mass is 259 g/mol. The maximum Gasteiger partial charge on any atom is 0.410 e. The third-order valence-electron chi connectivity index (χ3n) is 2.99. The van der Waals surface area contributed by atoms with Gasteiger partial charge in [-0.2, -0.15) is 13.2 Å². The van der Waals surface area contributed by atoms with Gasteiger partial charge in [0.1, 0.15) is 12.1 Å². The average molecular weight is 259 g/mol. The van der Waals surface area contributed by atoms with Gasteiger partial charge >= 0.3 is 12.3 Å². The van der Waals surface area contributed by atoms with Gasteiger partial charge in [-0.3, -0.25) is 4.90 Å². The van der Waals surface area contributed by atoms with Gasteiger partial charge in [0.25, 0.3) is 0 Å². The maximum atomic E-state index is 12.8. The first kappa shape index (κ1) is 12.7. The first-order valence-electron chi connectivity index (χ1n) is 5.44. The second-order valence-corrected chi connectivity index (χ2v) is 4.19. The second kappa shape index (κ2) is 4.51. The quantitative estimate of drug-likeness (QED) is 0.775. The summed E-state index contributed by atoms with van der Waals surface area (Å²) in [7, 11) is 1.10. The van der Waals surface area contributed by atoms with Crippen molar-refractivity contribution in [3.05, 3.63) is 35.9 Å². The molecule has 1 aliphatic rings. The molecule has 2 atom stereocenters. The lowest BCUT2D eigenvalue weighted by Crippen LogP contribution is -2.51. The van der Waals surface area contributed by atoms with Crippen molar-refractivity contribution in [1.82, 2.24) is 4.90 Å². The van der Waals surface area contributed by atoms with Gasteiger partial charge in [0.2, 0.25) is 0 Å². The summed E-state index contributed by atoms with van der Waals surface area (Å²) in [5, 5.41) is 0. The van der Waals surface area contributed by atoms with E-state index < -0.39 is 24.4 Å². The summed E-state index contributed by atoms with van der Waals surface area (Å²) in [6.45, 7) is 0. The summed E-state index contributed by atoms with van der Waals surface area (Å²) < 4.78 is 43.4.